The number of benzene rings is 1. The van der Waals surface area contributed by atoms with Crippen molar-refractivity contribution in [1.82, 2.24) is 9.55 Å². The van der Waals surface area contributed by atoms with E-state index in [0.717, 1.165) is 5.56 Å². The second kappa shape index (κ2) is 8.29. The molecule has 0 saturated heterocycles. The number of aliphatic carboxylic acids is 1. The molecule has 0 aliphatic carbocycles. The Labute approximate surface area is 141 Å². The minimum atomic E-state index is -1.13. The predicted octanol–water partition coefficient (Wildman–Crippen LogP) is 1.99. The van der Waals surface area contributed by atoms with E-state index in [9.17, 15) is 14.7 Å². The van der Waals surface area contributed by atoms with Crippen molar-refractivity contribution in [3.8, 4) is 0 Å². The maximum Gasteiger partial charge on any atom is 0.224 e. The fraction of sp³-hybridized carbons (Fsp3) is 0.389. The van der Waals surface area contributed by atoms with Gasteiger partial charge in [0, 0.05) is 30.5 Å². The van der Waals surface area contributed by atoms with Crippen LogP contribution in [-0.4, -0.2) is 21.4 Å². The van der Waals surface area contributed by atoms with Crippen LogP contribution in [0.15, 0.2) is 43.0 Å². The van der Waals surface area contributed by atoms with Crippen LogP contribution in [0, 0.1) is 5.92 Å². The Balaban J connectivity index is 1.99. The molecule has 1 unspecified atom stereocenters. The van der Waals surface area contributed by atoms with Gasteiger partial charge in [-0.3, -0.25) is 4.79 Å². The first kappa shape index (κ1) is 17.7. The van der Waals surface area contributed by atoms with Crippen molar-refractivity contribution in [3.63, 3.8) is 0 Å². The molecule has 0 radical (unpaired) electrons. The molecule has 6 nitrogen and oxygen atoms in total. The number of carboxylic acid groups (broad SMARTS) is 1. The molecule has 0 saturated carbocycles. The smallest absolute Gasteiger partial charge is 0.224 e. The predicted molar refractivity (Wildman–Crippen MR) is 89.1 cm³/mol. The van der Waals surface area contributed by atoms with Gasteiger partial charge in [0.25, 0.3) is 0 Å². The molecule has 24 heavy (non-hydrogen) atoms. The van der Waals surface area contributed by atoms with Crippen LogP contribution < -0.4 is 10.4 Å². The number of nitrogens with one attached hydrogen (secondary N) is 1. The van der Waals surface area contributed by atoms with Gasteiger partial charge in [0.05, 0.1) is 12.4 Å². The van der Waals surface area contributed by atoms with Crippen LogP contribution in [0.3, 0.4) is 0 Å². The van der Waals surface area contributed by atoms with Gasteiger partial charge in [-0.25, -0.2) is 4.98 Å². The number of rotatable bonds is 8. The highest BCUT2D eigenvalue weighted by molar-refractivity contribution is 5.90. The zero-order chi connectivity index (χ0) is 17.5. The standard InChI is InChI=1S/C18H23N3O3/c1-13(2)18(21-11-10-19-12-21)14-6-8-15(9-7-14)20-16(22)4-3-5-17(23)24/h6-13,18H,3-5H2,1-2H3,(H,20,22)(H,23,24)/p-1. The molecule has 6 heteroatoms. The lowest BCUT2D eigenvalue weighted by Gasteiger charge is -2.23. The summed E-state index contributed by atoms with van der Waals surface area (Å²) >= 11 is 0. The molecule has 1 N–H and O–H groups in total. The summed E-state index contributed by atoms with van der Waals surface area (Å²) in [4.78, 5) is 26.2. The van der Waals surface area contributed by atoms with Gasteiger partial charge < -0.3 is 19.8 Å². The summed E-state index contributed by atoms with van der Waals surface area (Å²) < 4.78 is 2.07. The van der Waals surface area contributed by atoms with Crippen molar-refractivity contribution < 1.29 is 14.7 Å². The Morgan fingerprint density at radius 2 is 1.92 bits per heavy atom. The van der Waals surface area contributed by atoms with E-state index in [1.807, 2.05) is 30.5 Å². The average molecular weight is 328 g/mol. The van der Waals surface area contributed by atoms with Crippen molar-refractivity contribution in [1.29, 1.82) is 0 Å². The van der Waals surface area contributed by atoms with E-state index in [4.69, 9.17) is 0 Å². The van der Waals surface area contributed by atoms with Crippen LogP contribution in [0.2, 0.25) is 0 Å². The molecule has 1 aromatic carbocycles. The molecule has 0 fully saturated rings. The number of carbonyl (C=O) groups excluding carboxylic acids is 2. The summed E-state index contributed by atoms with van der Waals surface area (Å²) in [6, 6.07) is 7.87. The molecule has 0 aliphatic heterocycles. The average Bonchev–Trinajstić information content (AvgIpc) is 3.02. The summed E-state index contributed by atoms with van der Waals surface area (Å²) in [7, 11) is 0. The Bertz CT molecular complexity index is 663. The molecule has 0 spiro atoms. The molecule has 1 aromatic heterocycles. The summed E-state index contributed by atoms with van der Waals surface area (Å²) in [5, 5.41) is 13.1. The van der Waals surface area contributed by atoms with Crippen LogP contribution in [0.4, 0.5) is 5.69 Å². The van der Waals surface area contributed by atoms with Crippen molar-refractivity contribution >= 4 is 17.6 Å². The molecular weight excluding hydrogens is 306 g/mol. The van der Waals surface area contributed by atoms with Crippen molar-refractivity contribution in [3.05, 3.63) is 48.5 Å². The third-order valence-corrected chi connectivity index (χ3v) is 3.80. The zero-order valence-corrected chi connectivity index (χ0v) is 13.9. The van der Waals surface area contributed by atoms with Crippen LogP contribution in [-0.2, 0) is 9.59 Å². The molecule has 0 bridgehead atoms. The third-order valence-electron chi connectivity index (χ3n) is 3.80. The van der Waals surface area contributed by atoms with Crippen molar-refractivity contribution in [2.75, 3.05) is 5.32 Å². The summed E-state index contributed by atoms with van der Waals surface area (Å²) in [5.41, 5.74) is 1.84. The van der Waals surface area contributed by atoms with E-state index in [1.54, 1.807) is 12.5 Å². The summed E-state index contributed by atoms with van der Waals surface area (Å²) in [6.07, 6.45) is 5.85. The first-order chi connectivity index (χ1) is 11.5. The Morgan fingerprint density at radius 1 is 1.21 bits per heavy atom. The number of carboxylic acids is 1. The van der Waals surface area contributed by atoms with Crippen LogP contribution in [0.5, 0.6) is 0 Å². The quantitative estimate of drug-likeness (QED) is 0.803. The van der Waals surface area contributed by atoms with Gasteiger partial charge in [-0.2, -0.15) is 0 Å². The van der Waals surface area contributed by atoms with Crippen molar-refractivity contribution in [2.45, 2.75) is 39.2 Å². The lowest BCUT2D eigenvalue weighted by Crippen LogP contribution is -2.22. The number of hydrogen-bond acceptors (Lipinski definition) is 4. The first-order valence-electron chi connectivity index (χ1n) is 8.04. The van der Waals surface area contributed by atoms with E-state index in [0.29, 0.717) is 11.6 Å². The highest BCUT2D eigenvalue weighted by Crippen LogP contribution is 2.27. The lowest BCUT2D eigenvalue weighted by molar-refractivity contribution is -0.305. The van der Waals surface area contributed by atoms with Gasteiger partial charge in [0.2, 0.25) is 5.91 Å². The Hall–Kier alpha value is -2.63. The van der Waals surface area contributed by atoms with Gasteiger partial charge in [0.1, 0.15) is 0 Å². The zero-order valence-electron chi connectivity index (χ0n) is 13.9. The minimum Gasteiger partial charge on any atom is -0.550 e. The van der Waals surface area contributed by atoms with Crippen LogP contribution in [0.1, 0.15) is 44.7 Å². The molecule has 128 valence electrons. The number of amides is 1. The van der Waals surface area contributed by atoms with Crippen LogP contribution in [0.25, 0.3) is 0 Å². The number of aromatic nitrogens is 2. The second-order valence-electron chi connectivity index (χ2n) is 6.09. The number of nitrogens with zero attached hydrogens (tertiary/aromatic N) is 2. The highest BCUT2D eigenvalue weighted by atomic mass is 16.4. The molecule has 2 aromatic rings. The summed E-state index contributed by atoms with van der Waals surface area (Å²) in [6.45, 7) is 4.30. The van der Waals surface area contributed by atoms with E-state index in [-0.39, 0.29) is 31.2 Å². The minimum absolute atomic E-state index is 0.104. The molecular formula is C18H22N3O3-. The van der Waals surface area contributed by atoms with Gasteiger partial charge in [-0.05, 0) is 36.5 Å². The highest BCUT2D eigenvalue weighted by Gasteiger charge is 2.17. The molecule has 2 rings (SSSR count). The van der Waals surface area contributed by atoms with Crippen molar-refractivity contribution in [2.24, 2.45) is 5.92 Å². The van der Waals surface area contributed by atoms with E-state index < -0.39 is 5.97 Å². The van der Waals surface area contributed by atoms with Gasteiger partial charge in [0.15, 0.2) is 0 Å². The molecule has 1 atom stereocenters. The Morgan fingerprint density at radius 3 is 2.46 bits per heavy atom. The molecule has 0 aliphatic rings. The van der Waals surface area contributed by atoms with Gasteiger partial charge in [-0.1, -0.05) is 26.0 Å². The molecule has 1 amide bonds. The van der Waals surface area contributed by atoms with Crippen LogP contribution >= 0.6 is 0 Å². The second-order valence-corrected chi connectivity index (χ2v) is 6.09. The SMILES string of the molecule is CC(C)C(c1ccc(NC(=O)CCCC(=O)[O-])cc1)n1ccnc1. The number of imidazole rings is 1. The van der Waals surface area contributed by atoms with E-state index >= 15 is 0 Å². The van der Waals surface area contributed by atoms with E-state index in [2.05, 4.69) is 28.7 Å². The maximum atomic E-state index is 11.8. The maximum absolute atomic E-state index is 11.8. The van der Waals surface area contributed by atoms with Gasteiger partial charge >= 0.3 is 0 Å². The first-order valence-corrected chi connectivity index (χ1v) is 8.04. The number of hydrogen-bond donors (Lipinski definition) is 1. The fourth-order valence-electron chi connectivity index (χ4n) is 2.72. The molecule has 1 heterocycles. The lowest BCUT2D eigenvalue weighted by atomic mass is 9.95. The monoisotopic (exact) mass is 328 g/mol. The Kier molecular flexibility index (Phi) is 6.12. The van der Waals surface area contributed by atoms with E-state index in [1.165, 1.54) is 0 Å². The number of carbonyl (C=O) groups is 2. The topological polar surface area (TPSA) is 87.0 Å². The third kappa shape index (κ3) is 4.94. The number of anilines is 1. The van der Waals surface area contributed by atoms with Gasteiger partial charge in [-0.15, -0.1) is 0 Å². The fourth-order valence-corrected chi connectivity index (χ4v) is 2.72. The normalized spacial score (nSPS) is 12.1. The summed E-state index contributed by atoms with van der Waals surface area (Å²) in [5.74, 6) is -0.935. The largest absolute Gasteiger partial charge is 0.550 e.